The van der Waals surface area contributed by atoms with E-state index in [-0.39, 0.29) is 49.0 Å². The normalized spacial score (nSPS) is 18.5. The number of aliphatic hydroxyl groups is 4. The first kappa shape index (κ1) is 56.4. The molecule has 0 spiro atoms. The molecule has 0 radical (unpaired) electrons. The number of rotatable bonds is 24. The SMILES string of the molecule is CC(C)(CCCCOc1cc(-c2ccccc2)cc(-c2ccccc2)n1)CNC(=O)C(CNC(=O)CCNC(=O)NC1OC(CO)C(O)C(O)C1O)NC(=O)c1cccc(N=NCc2ccccc2S(O)(O)O)n1. The average molecular weight is 1040 g/mol. The van der Waals surface area contributed by atoms with E-state index in [0.717, 1.165) is 28.8 Å². The molecule has 0 bridgehead atoms. The van der Waals surface area contributed by atoms with Crippen LogP contribution in [0.4, 0.5) is 10.6 Å². The minimum absolute atomic E-state index is 0.00386. The number of ether oxygens (including phenoxy) is 2. The number of pyridine rings is 2. The van der Waals surface area contributed by atoms with Crippen molar-refractivity contribution in [2.45, 2.75) is 87.7 Å². The first-order chi connectivity index (χ1) is 35.4. The lowest BCUT2D eigenvalue weighted by molar-refractivity contribution is -0.233. The number of carbonyl (C=O) groups excluding carboxylic acids is 4. The maximum absolute atomic E-state index is 13.9. The number of benzene rings is 3. The van der Waals surface area contributed by atoms with Gasteiger partial charge in [-0.25, -0.2) is 14.8 Å². The summed E-state index contributed by atoms with van der Waals surface area (Å²) in [5.41, 5.74) is 3.49. The van der Waals surface area contributed by atoms with Crippen molar-refractivity contribution in [1.29, 1.82) is 0 Å². The zero-order chi connectivity index (χ0) is 53.3. The molecule has 22 nitrogen and oxygen atoms in total. The van der Waals surface area contributed by atoms with Crippen molar-refractivity contribution < 1.29 is 62.7 Å². The van der Waals surface area contributed by atoms with E-state index in [1.165, 1.54) is 36.4 Å². The van der Waals surface area contributed by atoms with Gasteiger partial charge in [-0.2, -0.15) is 5.11 Å². The Labute approximate surface area is 429 Å². The van der Waals surface area contributed by atoms with Gasteiger partial charge in [0.15, 0.2) is 12.0 Å². The minimum atomic E-state index is -4.03. The van der Waals surface area contributed by atoms with Crippen LogP contribution in [-0.4, -0.2) is 137 Å². The molecule has 6 atom stereocenters. The maximum Gasteiger partial charge on any atom is 0.316 e. The van der Waals surface area contributed by atoms with Gasteiger partial charge in [-0.15, -0.1) is 5.11 Å². The van der Waals surface area contributed by atoms with Crippen molar-refractivity contribution in [3.05, 3.63) is 127 Å². The molecule has 1 aliphatic heterocycles. The summed E-state index contributed by atoms with van der Waals surface area (Å²) in [6, 6.07) is 31.9. The molecule has 6 rings (SSSR count). The van der Waals surface area contributed by atoms with Crippen LogP contribution in [-0.2, 0) is 20.9 Å². The fourth-order valence-electron chi connectivity index (χ4n) is 7.68. The molecule has 0 saturated carbocycles. The number of aliphatic hydroxyl groups excluding tert-OH is 4. The Morgan fingerprint density at radius 1 is 0.784 bits per heavy atom. The lowest BCUT2D eigenvalue weighted by atomic mass is 9.87. The highest BCUT2D eigenvalue weighted by Crippen LogP contribution is 2.45. The molecule has 23 heteroatoms. The van der Waals surface area contributed by atoms with Crippen LogP contribution in [0, 0.1) is 5.41 Å². The van der Waals surface area contributed by atoms with E-state index in [1.807, 2.05) is 86.6 Å². The largest absolute Gasteiger partial charge is 0.478 e. The second-order valence-electron chi connectivity index (χ2n) is 18.1. The smallest absolute Gasteiger partial charge is 0.316 e. The first-order valence-corrected chi connectivity index (χ1v) is 25.3. The van der Waals surface area contributed by atoms with Crippen LogP contribution in [0.5, 0.6) is 5.88 Å². The summed E-state index contributed by atoms with van der Waals surface area (Å²) in [7, 11) is -4.03. The fourth-order valence-corrected chi connectivity index (χ4v) is 8.43. The van der Waals surface area contributed by atoms with E-state index < -0.39 is 83.3 Å². The Kier molecular flexibility index (Phi) is 20.5. The number of amides is 5. The molecule has 6 unspecified atom stereocenters. The number of hydrogen-bond donors (Lipinski definition) is 12. The molecule has 2 aromatic heterocycles. The maximum atomic E-state index is 13.9. The van der Waals surface area contributed by atoms with E-state index >= 15 is 0 Å². The van der Waals surface area contributed by atoms with Gasteiger partial charge in [0, 0.05) is 37.7 Å². The number of hydrogen-bond acceptors (Lipinski definition) is 17. The second-order valence-corrected chi connectivity index (χ2v) is 19.6. The van der Waals surface area contributed by atoms with Crippen molar-refractivity contribution in [3.63, 3.8) is 0 Å². The molecule has 396 valence electrons. The highest BCUT2D eigenvalue weighted by atomic mass is 32.3. The summed E-state index contributed by atoms with van der Waals surface area (Å²) in [5.74, 6) is -1.52. The monoisotopic (exact) mass is 1040 g/mol. The third kappa shape index (κ3) is 16.8. The van der Waals surface area contributed by atoms with Crippen LogP contribution < -0.4 is 31.3 Å². The van der Waals surface area contributed by atoms with E-state index in [1.54, 1.807) is 6.07 Å². The summed E-state index contributed by atoms with van der Waals surface area (Å²) in [4.78, 5) is 62.0. The van der Waals surface area contributed by atoms with E-state index in [9.17, 15) is 53.3 Å². The fraction of sp³-hybridized carbons (Fsp3) is 0.373. The highest BCUT2D eigenvalue weighted by molar-refractivity contribution is 8.19. The Hall–Kier alpha value is -6.93. The summed E-state index contributed by atoms with van der Waals surface area (Å²) in [6.45, 7) is 3.10. The van der Waals surface area contributed by atoms with E-state index in [4.69, 9.17) is 14.5 Å². The number of unbranched alkanes of at least 4 members (excludes halogenated alkanes) is 1. The Morgan fingerprint density at radius 2 is 1.49 bits per heavy atom. The predicted octanol–water partition coefficient (Wildman–Crippen LogP) is 4.77. The molecular weight excluding hydrogens is 979 g/mol. The van der Waals surface area contributed by atoms with Crippen LogP contribution in [0.2, 0.25) is 0 Å². The summed E-state index contributed by atoms with van der Waals surface area (Å²) < 4.78 is 40.8. The molecule has 5 amide bonds. The topological polar surface area (TPSA) is 339 Å². The highest BCUT2D eigenvalue weighted by Gasteiger charge is 2.44. The minimum Gasteiger partial charge on any atom is -0.478 e. The van der Waals surface area contributed by atoms with Crippen LogP contribution in [0.3, 0.4) is 0 Å². The van der Waals surface area contributed by atoms with Gasteiger partial charge in [0.25, 0.3) is 5.91 Å². The van der Waals surface area contributed by atoms with Gasteiger partial charge >= 0.3 is 6.03 Å². The molecule has 5 aromatic rings. The first-order valence-electron chi connectivity index (χ1n) is 23.8. The standard InChI is InChI=1S/C51H63N9O13S/c1-51(2,23-11-12-25-72-43-27-35(32-14-5-3-6-15-32)26-37(57-43)33-16-7-4-8-17-33)31-54-47(66)38(29-53-42(62)22-24-52-50(68)59-49-46(65)45(64)44(63)39(30-61)73-49)58-48(67)36-19-13-21-41(56-36)60-55-28-34-18-9-10-20-40(34)74(69,70)71/h3-10,13-21,26-27,38-39,44-46,49,61,63-65,69-71H,11-12,22-25,28-31H2,1-2H3,(H,53,62)(H,54,66)(H,58,67)(H2,52,59,68). The second kappa shape index (κ2) is 26.9. The molecule has 3 aromatic carbocycles. The Balaban J connectivity index is 1.04. The van der Waals surface area contributed by atoms with Crippen molar-refractivity contribution in [2.24, 2.45) is 15.6 Å². The van der Waals surface area contributed by atoms with E-state index in [0.29, 0.717) is 30.9 Å². The van der Waals surface area contributed by atoms with Crippen LogP contribution in [0.1, 0.15) is 55.6 Å². The van der Waals surface area contributed by atoms with Gasteiger partial charge in [-0.3, -0.25) is 14.4 Å². The number of aromatic nitrogens is 2. The third-order valence-electron chi connectivity index (χ3n) is 11.8. The van der Waals surface area contributed by atoms with Crippen LogP contribution >= 0.6 is 10.9 Å². The summed E-state index contributed by atoms with van der Waals surface area (Å²) in [6.07, 6.45) is -5.96. The lowest BCUT2D eigenvalue weighted by Crippen LogP contribution is -2.64. The molecule has 0 aliphatic carbocycles. The summed E-state index contributed by atoms with van der Waals surface area (Å²) in [5, 5.41) is 60.5. The number of nitrogens with one attached hydrogen (secondary N) is 5. The van der Waals surface area contributed by atoms with Crippen LogP contribution in [0.25, 0.3) is 22.4 Å². The number of urea groups is 1. The molecule has 74 heavy (non-hydrogen) atoms. The molecule has 3 heterocycles. The third-order valence-corrected chi connectivity index (χ3v) is 12.8. The van der Waals surface area contributed by atoms with Gasteiger partial charge in [-0.1, -0.05) is 98.8 Å². The molecular formula is C51H63N9O13S. The molecule has 1 fully saturated rings. The number of nitrogens with zero attached hydrogens (tertiary/aromatic N) is 4. The van der Waals surface area contributed by atoms with Gasteiger partial charge in [0.2, 0.25) is 17.7 Å². The lowest BCUT2D eigenvalue weighted by Gasteiger charge is -2.40. The number of carbonyl (C=O) groups is 4. The van der Waals surface area contributed by atoms with Crippen molar-refractivity contribution in [1.82, 2.24) is 36.6 Å². The van der Waals surface area contributed by atoms with E-state index in [2.05, 4.69) is 41.8 Å². The number of azo groups is 1. The molecule has 12 N–H and O–H groups in total. The molecule has 1 aliphatic rings. The zero-order valence-corrected chi connectivity index (χ0v) is 41.6. The molecule has 1 saturated heterocycles. The quantitative estimate of drug-likeness (QED) is 0.0293. The van der Waals surface area contributed by atoms with Crippen molar-refractivity contribution in [3.8, 4) is 28.3 Å². The van der Waals surface area contributed by atoms with Crippen LogP contribution in [0.15, 0.2) is 130 Å². The van der Waals surface area contributed by atoms with Crippen molar-refractivity contribution in [2.75, 3.05) is 32.8 Å². The Morgan fingerprint density at radius 3 is 2.20 bits per heavy atom. The van der Waals surface area contributed by atoms with Gasteiger partial charge in [0.05, 0.1) is 30.3 Å². The Bertz CT molecular complexity index is 2620. The van der Waals surface area contributed by atoms with Crippen molar-refractivity contribution >= 4 is 40.4 Å². The zero-order valence-electron chi connectivity index (χ0n) is 40.8. The summed E-state index contributed by atoms with van der Waals surface area (Å²) >= 11 is 0. The van der Waals surface area contributed by atoms with Gasteiger partial charge in [0.1, 0.15) is 47.0 Å². The van der Waals surface area contributed by atoms with Gasteiger partial charge in [-0.05, 0) is 65.6 Å². The predicted molar refractivity (Wildman–Crippen MR) is 273 cm³/mol. The van der Waals surface area contributed by atoms with Gasteiger partial charge < -0.3 is 70.1 Å². The average Bonchev–Trinajstić information content (AvgIpc) is 3.39.